The summed E-state index contributed by atoms with van der Waals surface area (Å²) in [4.78, 5) is 10.9. The van der Waals surface area contributed by atoms with Crippen LogP contribution in [0.15, 0.2) is 58.6 Å². The molecule has 1 rings (SSSR count). The maximum Gasteiger partial charge on any atom is 0.148 e. The third-order valence-electron chi connectivity index (χ3n) is 2.06. The first kappa shape index (κ1) is 17.3. The molecular weight excluding hydrogens is 234 g/mol. The van der Waals surface area contributed by atoms with Crippen LogP contribution in [0.1, 0.15) is 20.8 Å². The van der Waals surface area contributed by atoms with Gasteiger partial charge in [-0.3, -0.25) is 9.89 Å². The Kier molecular flexibility index (Phi) is 9.27. The molecular formula is C16H25N3. The molecule has 0 amide bonds. The minimum atomic E-state index is 0.627. The lowest BCUT2D eigenvalue weighted by Crippen LogP contribution is -2.13. The summed E-state index contributed by atoms with van der Waals surface area (Å²) in [5.74, 6) is 0.720. The topological polar surface area (TPSA) is 28.0 Å². The Balaban J connectivity index is 0.00000154. The smallest absolute Gasteiger partial charge is 0.148 e. The molecule has 0 saturated carbocycles. The van der Waals surface area contributed by atoms with Gasteiger partial charge in [0.15, 0.2) is 0 Å². The Hall–Kier alpha value is -1.74. The predicted octanol–water partition coefficient (Wildman–Crippen LogP) is 3.63. The second-order valence-corrected chi connectivity index (χ2v) is 3.98. The Labute approximate surface area is 117 Å². The fourth-order valence-electron chi connectivity index (χ4n) is 1.23. The first-order valence-corrected chi connectivity index (χ1v) is 6.58. The minimum Gasteiger partial charge on any atom is -0.291 e. The van der Waals surface area contributed by atoms with Gasteiger partial charge in [0.05, 0.1) is 12.4 Å². The molecule has 3 heteroatoms. The first-order chi connectivity index (χ1) is 9.13. The molecule has 0 spiro atoms. The second kappa shape index (κ2) is 10.2. The molecule has 0 atom stereocenters. The largest absolute Gasteiger partial charge is 0.291 e. The van der Waals surface area contributed by atoms with E-state index in [2.05, 4.69) is 16.6 Å². The second-order valence-electron chi connectivity index (χ2n) is 3.98. The van der Waals surface area contributed by atoms with Gasteiger partial charge in [-0.1, -0.05) is 44.7 Å². The van der Waals surface area contributed by atoms with E-state index < -0.39 is 0 Å². The molecule has 0 aromatic carbocycles. The zero-order chi connectivity index (χ0) is 14.7. The van der Waals surface area contributed by atoms with Gasteiger partial charge in [0.25, 0.3) is 0 Å². The summed E-state index contributed by atoms with van der Waals surface area (Å²) in [6.45, 7) is 10.5. The van der Waals surface area contributed by atoms with E-state index >= 15 is 0 Å². The van der Waals surface area contributed by atoms with Gasteiger partial charge in [0.1, 0.15) is 5.84 Å². The highest BCUT2D eigenvalue weighted by atomic mass is 15.2. The van der Waals surface area contributed by atoms with Crippen LogP contribution in [-0.2, 0) is 0 Å². The van der Waals surface area contributed by atoms with Crippen molar-refractivity contribution in [1.29, 1.82) is 0 Å². The van der Waals surface area contributed by atoms with Crippen LogP contribution in [0.4, 0.5) is 0 Å². The standard InChI is InChI=1S/C14H19N3.C2H6/c1-5-8-14(15-11-17(3)4)16-13-10-7-6-9-12(13)2;1-2/h5-10H,2,11H2,1,3-4H3;1-2H3/b8-5+,15-14-,16-13?;. The van der Waals surface area contributed by atoms with E-state index in [-0.39, 0.29) is 0 Å². The Morgan fingerprint density at radius 3 is 2.42 bits per heavy atom. The minimum absolute atomic E-state index is 0.627. The lowest BCUT2D eigenvalue weighted by atomic mass is 10.1. The fourth-order valence-corrected chi connectivity index (χ4v) is 1.23. The molecule has 0 saturated heterocycles. The molecule has 1 aliphatic carbocycles. The van der Waals surface area contributed by atoms with E-state index in [1.807, 2.05) is 76.2 Å². The molecule has 0 unspecified atom stereocenters. The average molecular weight is 259 g/mol. The van der Waals surface area contributed by atoms with Gasteiger partial charge >= 0.3 is 0 Å². The highest BCUT2D eigenvalue weighted by Crippen LogP contribution is 2.06. The van der Waals surface area contributed by atoms with Crippen LogP contribution in [0.3, 0.4) is 0 Å². The quantitative estimate of drug-likeness (QED) is 0.562. The molecule has 0 heterocycles. The Morgan fingerprint density at radius 1 is 1.26 bits per heavy atom. The van der Waals surface area contributed by atoms with Crippen LogP contribution in [0, 0.1) is 0 Å². The molecule has 104 valence electrons. The molecule has 0 N–H and O–H groups in total. The number of hydrogen-bond donors (Lipinski definition) is 0. The number of aliphatic imine (C=N–C) groups is 2. The molecule has 3 nitrogen and oxygen atoms in total. The lowest BCUT2D eigenvalue weighted by molar-refractivity contribution is 0.424. The van der Waals surface area contributed by atoms with Gasteiger partial charge < -0.3 is 0 Å². The zero-order valence-corrected chi connectivity index (χ0v) is 12.7. The average Bonchev–Trinajstić information content (AvgIpc) is 2.41. The first-order valence-electron chi connectivity index (χ1n) is 6.58. The van der Waals surface area contributed by atoms with E-state index in [4.69, 9.17) is 0 Å². The number of hydrogen-bond acceptors (Lipinski definition) is 2. The molecule has 0 aliphatic heterocycles. The Bertz CT molecular complexity index is 421. The number of amidine groups is 1. The van der Waals surface area contributed by atoms with E-state index in [0.717, 1.165) is 17.1 Å². The van der Waals surface area contributed by atoms with Crippen molar-refractivity contribution < 1.29 is 0 Å². The van der Waals surface area contributed by atoms with Crippen molar-refractivity contribution in [2.75, 3.05) is 20.8 Å². The van der Waals surface area contributed by atoms with Crippen LogP contribution < -0.4 is 0 Å². The number of nitrogens with zero attached hydrogens (tertiary/aromatic N) is 3. The van der Waals surface area contributed by atoms with Gasteiger partial charge in [0, 0.05) is 0 Å². The van der Waals surface area contributed by atoms with Crippen LogP contribution >= 0.6 is 0 Å². The third kappa shape index (κ3) is 7.32. The summed E-state index contributed by atoms with van der Waals surface area (Å²) < 4.78 is 0. The summed E-state index contributed by atoms with van der Waals surface area (Å²) in [5.41, 5.74) is 1.78. The number of rotatable bonds is 3. The lowest BCUT2D eigenvalue weighted by Gasteiger charge is -2.07. The zero-order valence-electron chi connectivity index (χ0n) is 12.7. The third-order valence-corrected chi connectivity index (χ3v) is 2.06. The number of allylic oxidation sites excluding steroid dienone is 6. The molecule has 0 aromatic rings. The fraction of sp³-hybridized carbons (Fsp3) is 0.375. The van der Waals surface area contributed by atoms with Gasteiger partial charge in [-0.05, 0) is 38.7 Å². The molecule has 0 radical (unpaired) electrons. The predicted molar refractivity (Wildman–Crippen MR) is 87.0 cm³/mol. The van der Waals surface area contributed by atoms with Crippen LogP contribution in [0.5, 0.6) is 0 Å². The molecule has 0 fully saturated rings. The van der Waals surface area contributed by atoms with Crippen molar-refractivity contribution in [1.82, 2.24) is 4.90 Å². The van der Waals surface area contributed by atoms with Crippen molar-refractivity contribution in [3.8, 4) is 0 Å². The van der Waals surface area contributed by atoms with Crippen molar-refractivity contribution in [2.45, 2.75) is 20.8 Å². The van der Waals surface area contributed by atoms with Crippen molar-refractivity contribution >= 4 is 11.5 Å². The normalized spacial score (nSPS) is 17.3. The van der Waals surface area contributed by atoms with E-state index in [1.54, 1.807) is 0 Å². The Morgan fingerprint density at radius 2 is 1.89 bits per heavy atom. The summed E-state index contributed by atoms with van der Waals surface area (Å²) in [6.07, 6.45) is 11.6. The highest BCUT2D eigenvalue weighted by molar-refractivity contribution is 6.17. The van der Waals surface area contributed by atoms with E-state index in [1.165, 1.54) is 0 Å². The molecule has 0 bridgehead atoms. The monoisotopic (exact) mass is 259 g/mol. The van der Waals surface area contributed by atoms with E-state index in [9.17, 15) is 0 Å². The van der Waals surface area contributed by atoms with Crippen LogP contribution in [0.25, 0.3) is 0 Å². The van der Waals surface area contributed by atoms with Gasteiger partial charge in [-0.2, -0.15) is 0 Å². The maximum atomic E-state index is 4.49. The summed E-state index contributed by atoms with van der Waals surface area (Å²) in [6, 6.07) is 0. The van der Waals surface area contributed by atoms with Crippen molar-refractivity contribution in [3.63, 3.8) is 0 Å². The van der Waals surface area contributed by atoms with Gasteiger partial charge in [-0.15, -0.1) is 0 Å². The van der Waals surface area contributed by atoms with Crippen LogP contribution in [0.2, 0.25) is 0 Å². The maximum absolute atomic E-state index is 4.49. The molecule has 1 aliphatic rings. The molecule has 19 heavy (non-hydrogen) atoms. The highest BCUT2D eigenvalue weighted by Gasteiger charge is 2.02. The van der Waals surface area contributed by atoms with Gasteiger partial charge in [-0.25, -0.2) is 4.99 Å². The molecule has 0 aromatic heterocycles. The van der Waals surface area contributed by atoms with Crippen LogP contribution in [-0.4, -0.2) is 37.2 Å². The van der Waals surface area contributed by atoms with E-state index in [0.29, 0.717) is 6.67 Å². The summed E-state index contributed by atoms with van der Waals surface area (Å²) in [7, 11) is 3.96. The summed E-state index contributed by atoms with van der Waals surface area (Å²) >= 11 is 0. The summed E-state index contributed by atoms with van der Waals surface area (Å²) in [5, 5.41) is 0. The SMILES string of the molecule is C=C1C=CC=CC1=NC(/C=C/C)=N\CN(C)C.CC. The van der Waals surface area contributed by atoms with Crippen molar-refractivity contribution in [2.24, 2.45) is 9.98 Å². The van der Waals surface area contributed by atoms with Crippen molar-refractivity contribution in [3.05, 3.63) is 48.6 Å². The van der Waals surface area contributed by atoms with Gasteiger partial charge in [0.2, 0.25) is 0 Å².